The van der Waals surface area contributed by atoms with E-state index in [0.29, 0.717) is 10.6 Å². The second-order valence-electron chi connectivity index (χ2n) is 3.05. The third-order valence-electron chi connectivity index (χ3n) is 2.12. The Morgan fingerprint density at radius 3 is 2.73 bits per heavy atom. The van der Waals surface area contributed by atoms with Crippen molar-refractivity contribution in [2.75, 3.05) is 5.73 Å². The van der Waals surface area contributed by atoms with Crippen LogP contribution in [-0.4, -0.2) is 0 Å². The lowest BCUT2D eigenvalue weighted by Crippen LogP contribution is -1.86. The number of halogens is 1. The summed E-state index contributed by atoms with van der Waals surface area (Å²) in [5.74, 6) is 0. The maximum Gasteiger partial charge on any atom is 0.128 e. The second kappa shape index (κ2) is 3.97. The van der Waals surface area contributed by atoms with Gasteiger partial charge in [0.05, 0.1) is 9.47 Å². The summed E-state index contributed by atoms with van der Waals surface area (Å²) in [5.41, 5.74) is 8.58. The predicted molar refractivity (Wildman–Crippen MR) is 69.2 cm³/mol. The molecule has 5 heteroatoms. The number of rotatable bonds is 1. The first kappa shape index (κ1) is 10.7. The minimum Gasteiger partial charge on any atom is -0.397 e. The van der Waals surface area contributed by atoms with Crippen LogP contribution in [0.25, 0.3) is 10.4 Å². The van der Waals surface area contributed by atoms with E-state index in [1.165, 1.54) is 11.3 Å². The maximum atomic E-state index is 8.88. The number of nitrogens with two attached hydrogens (primary N) is 1. The number of nitrogen functional groups attached to an aromatic ring is 1. The molecule has 2 aromatic rings. The molecule has 0 spiro atoms. The highest BCUT2D eigenvalue weighted by Crippen LogP contribution is 2.40. The van der Waals surface area contributed by atoms with Crippen molar-refractivity contribution in [1.82, 2.24) is 0 Å². The van der Waals surface area contributed by atoms with Gasteiger partial charge in [-0.1, -0.05) is 0 Å². The van der Waals surface area contributed by atoms with E-state index in [9.17, 15) is 0 Å². The van der Waals surface area contributed by atoms with Gasteiger partial charge in [0.1, 0.15) is 10.9 Å². The van der Waals surface area contributed by atoms with Crippen LogP contribution in [0.1, 0.15) is 10.4 Å². The minimum absolute atomic E-state index is 0.602. The Balaban J connectivity index is 2.60. The molecule has 0 aliphatic heterocycles. The third kappa shape index (κ3) is 1.81. The minimum atomic E-state index is 0.602. The molecule has 0 bridgehead atoms. The van der Waals surface area contributed by atoms with Gasteiger partial charge in [-0.3, -0.25) is 0 Å². The molecule has 2 N–H and O–H groups in total. The monoisotopic (exact) mass is 298 g/mol. The van der Waals surface area contributed by atoms with E-state index in [2.05, 4.69) is 27.4 Å². The molecular weight excluding hydrogens is 292 g/mol. The van der Waals surface area contributed by atoms with Gasteiger partial charge < -0.3 is 5.73 Å². The van der Waals surface area contributed by atoms with Crippen LogP contribution in [0, 0.1) is 18.3 Å². The van der Waals surface area contributed by atoms with Crippen LogP contribution >= 0.6 is 38.6 Å². The first-order valence-corrected chi connectivity index (χ1v) is 6.65. The molecule has 0 amide bonds. The topological polar surface area (TPSA) is 49.8 Å². The summed E-state index contributed by atoms with van der Waals surface area (Å²) in [6.07, 6.45) is 0. The molecule has 0 fully saturated rings. The predicted octanol–water partition coefficient (Wildman–Crippen LogP) is 4.00. The standard InChI is InChI=1S/C10H7BrN2S2/c1-5-9(13)7(3-12)15-10(5)6-2-8(11)14-4-6/h2,4H,13H2,1H3. The molecule has 2 aromatic heterocycles. The fourth-order valence-electron chi connectivity index (χ4n) is 1.31. The number of nitrogens with zero attached hydrogens (tertiary/aromatic N) is 1. The van der Waals surface area contributed by atoms with E-state index in [4.69, 9.17) is 11.0 Å². The van der Waals surface area contributed by atoms with Crippen LogP contribution in [0.3, 0.4) is 0 Å². The van der Waals surface area contributed by atoms with Crippen molar-refractivity contribution in [3.05, 3.63) is 25.7 Å². The highest BCUT2D eigenvalue weighted by atomic mass is 79.9. The molecule has 2 rings (SSSR count). The molecule has 15 heavy (non-hydrogen) atoms. The Hall–Kier alpha value is -0.830. The number of thiophene rings is 2. The lowest BCUT2D eigenvalue weighted by Gasteiger charge is -1.94. The average Bonchev–Trinajstić information content (AvgIpc) is 2.74. The quantitative estimate of drug-likeness (QED) is 0.865. The van der Waals surface area contributed by atoms with Crippen LogP contribution in [0.15, 0.2) is 15.2 Å². The van der Waals surface area contributed by atoms with Crippen LogP contribution in [0.2, 0.25) is 0 Å². The van der Waals surface area contributed by atoms with Crippen LogP contribution in [0.5, 0.6) is 0 Å². The Morgan fingerprint density at radius 2 is 2.27 bits per heavy atom. The van der Waals surface area contributed by atoms with Crippen molar-refractivity contribution < 1.29 is 0 Å². The molecule has 0 atom stereocenters. The SMILES string of the molecule is Cc1c(-c2csc(Br)c2)sc(C#N)c1N. The molecule has 0 aliphatic rings. The zero-order valence-corrected chi connectivity index (χ0v) is 11.1. The van der Waals surface area contributed by atoms with E-state index < -0.39 is 0 Å². The van der Waals surface area contributed by atoms with Crippen molar-refractivity contribution in [3.8, 4) is 16.5 Å². The van der Waals surface area contributed by atoms with Crippen LogP contribution in [0.4, 0.5) is 5.69 Å². The maximum absolute atomic E-state index is 8.88. The largest absolute Gasteiger partial charge is 0.397 e. The molecular formula is C10H7BrN2S2. The lowest BCUT2D eigenvalue weighted by molar-refractivity contribution is 1.50. The number of anilines is 1. The Labute approximate surface area is 104 Å². The summed E-state index contributed by atoms with van der Waals surface area (Å²) in [7, 11) is 0. The molecule has 0 radical (unpaired) electrons. The molecule has 0 saturated heterocycles. The van der Waals surface area contributed by atoms with E-state index in [0.717, 1.165) is 19.8 Å². The van der Waals surface area contributed by atoms with Crippen LogP contribution < -0.4 is 5.73 Å². The Morgan fingerprint density at radius 1 is 1.53 bits per heavy atom. The highest BCUT2D eigenvalue weighted by molar-refractivity contribution is 9.11. The van der Waals surface area contributed by atoms with Crippen molar-refractivity contribution in [3.63, 3.8) is 0 Å². The Kier molecular flexibility index (Phi) is 2.83. The van der Waals surface area contributed by atoms with Crippen molar-refractivity contribution in [2.24, 2.45) is 0 Å². The fraction of sp³-hybridized carbons (Fsp3) is 0.100. The van der Waals surface area contributed by atoms with Gasteiger partial charge in [-0.25, -0.2) is 0 Å². The number of hydrogen-bond donors (Lipinski definition) is 1. The van der Waals surface area contributed by atoms with E-state index in [1.54, 1.807) is 11.3 Å². The van der Waals surface area contributed by atoms with Gasteiger partial charge in [0.15, 0.2) is 0 Å². The first-order chi connectivity index (χ1) is 7.13. The van der Waals surface area contributed by atoms with Gasteiger partial charge in [-0.05, 0) is 34.5 Å². The molecule has 0 unspecified atom stereocenters. The average molecular weight is 299 g/mol. The summed E-state index contributed by atoms with van der Waals surface area (Å²) in [6, 6.07) is 4.16. The summed E-state index contributed by atoms with van der Waals surface area (Å²) in [4.78, 5) is 1.69. The molecule has 76 valence electrons. The van der Waals surface area contributed by atoms with Crippen molar-refractivity contribution in [1.29, 1.82) is 5.26 Å². The molecule has 2 heterocycles. The lowest BCUT2D eigenvalue weighted by atomic mass is 10.1. The van der Waals surface area contributed by atoms with Crippen molar-refractivity contribution >= 4 is 44.3 Å². The normalized spacial score (nSPS) is 10.2. The highest BCUT2D eigenvalue weighted by Gasteiger charge is 2.14. The second-order valence-corrected chi connectivity index (χ2v) is 6.36. The zero-order valence-electron chi connectivity index (χ0n) is 7.87. The Bertz CT molecular complexity index is 548. The molecule has 2 nitrogen and oxygen atoms in total. The third-order valence-corrected chi connectivity index (χ3v) is 4.89. The smallest absolute Gasteiger partial charge is 0.128 e. The van der Waals surface area contributed by atoms with Gasteiger partial charge in [-0.2, -0.15) is 5.26 Å². The summed E-state index contributed by atoms with van der Waals surface area (Å²) in [6.45, 7) is 1.95. The van der Waals surface area contributed by atoms with Crippen molar-refractivity contribution in [2.45, 2.75) is 6.92 Å². The van der Waals surface area contributed by atoms with Gasteiger partial charge in [-0.15, -0.1) is 22.7 Å². The summed E-state index contributed by atoms with van der Waals surface area (Å²) >= 11 is 6.51. The fourth-order valence-corrected chi connectivity index (χ4v) is 3.55. The first-order valence-electron chi connectivity index (χ1n) is 4.17. The molecule has 0 aliphatic carbocycles. The summed E-state index contributed by atoms with van der Waals surface area (Å²) in [5, 5.41) is 10.9. The van der Waals surface area contributed by atoms with E-state index in [1.807, 2.05) is 13.0 Å². The van der Waals surface area contributed by atoms with Gasteiger partial charge in [0, 0.05) is 15.8 Å². The van der Waals surface area contributed by atoms with E-state index in [-0.39, 0.29) is 0 Å². The van der Waals surface area contributed by atoms with Gasteiger partial charge in [0.2, 0.25) is 0 Å². The molecule has 0 saturated carbocycles. The van der Waals surface area contributed by atoms with E-state index >= 15 is 0 Å². The zero-order chi connectivity index (χ0) is 11.0. The number of hydrogen-bond acceptors (Lipinski definition) is 4. The van der Waals surface area contributed by atoms with Gasteiger partial charge >= 0.3 is 0 Å². The van der Waals surface area contributed by atoms with Gasteiger partial charge in [0.25, 0.3) is 0 Å². The number of nitriles is 1. The summed E-state index contributed by atoms with van der Waals surface area (Å²) < 4.78 is 1.09. The molecule has 0 aromatic carbocycles. The van der Waals surface area contributed by atoms with Crippen LogP contribution in [-0.2, 0) is 0 Å².